The summed E-state index contributed by atoms with van der Waals surface area (Å²) in [7, 11) is 1.30. The first-order chi connectivity index (χ1) is 11.2. The molecule has 0 aliphatic heterocycles. The molecule has 3 aromatic rings. The quantitative estimate of drug-likeness (QED) is 0.691. The number of methoxy groups -OCH3 is 1. The Bertz CT molecular complexity index is 881. The highest BCUT2D eigenvalue weighted by Gasteiger charge is 2.15. The lowest BCUT2D eigenvalue weighted by Crippen LogP contribution is -2.17. The van der Waals surface area contributed by atoms with E-state index in [0.29, 0.717) is 17.0 Å². The highest BCUT2D eigenvalue weighted by atomic mass is 16.5. The summed E-state index contributed by atoms with van der Waals surface area (Å²) < 4.78 is 11.4. The maximum absolute atomic E-state index is 12.0. The van der Waals surface area contributed by atoms with Gasteiger partial charge in [-0.2, -0.15) is 0 Å². The maximum atomic E-state index is 12.0. The second-order valence-corrected chi connectivity index (χ2v) is 4.84. The summed E-state index contributed by atoms with van der Waals surface area (Å²) in [5.74, 6) is -0.538. The van der Waals surface area contributed by atoms with Crippen LogP contribution >= 0.6 is 0 Å². The summed E-state index contributed by atoms with van der Waals surface area (Å²) >= 11 is 0. The summed E-state index contributed by atoms with van der Waals surface area (Å²) in [6, 6.07) is 12.6. The van der Waals surface area contributed by atoms with E-state index in [9.17, 15) is 9.59 Å². The number of ether oxygens (including phenoxy) is 1. The number of benzene rings is 1. The van der Waals surface area contributed by atoms with E-state index in [-0.39, 0.29) is 6.54 Å². The molecule has 0 amide bonds. The molecule has 0 aliphatic rings. The van der Waals surface area contributed by atoms with E-state index in [2.05, 4.69) is 4.98 Å². The molecule has 0 N–H and O–H groups in total. The molecule has 0 fully saturated rings. The van der Waals surface area contributed by atoms with Crippen LogP contribution in [0.4, 0.5) is 0 Å². The third-order valence-corrected chi connectivity index (χ3v) is 3.38. The van der Waals surface area contributed by atoms with E-state index in [1.165, 1.54) is 11.7 Å². The van der Waals surface area contributed by atoms with Crippen LogP contribution in [0, 0.1) is 0 Å². The Labute approximate surface area is 132 Å². The minimum absolute atomic E-state index is 0.125. The van der Waals surface area contributed by atoms with Crippen LogP contribution in [0.3, 0.4) is 0 Å². The number of hydrogen-bond donors (Lipinski definition) is 0. The molecular weight excluding hydrogens is 296 g/mol. The van der Waals surface area contributed by atoms with Gasteiger partial charge in [0, 0.05) is 11.8 Å². The highest BCUT2D eigenvalue weighted by Crippen LogP contribution is 2.18. The Kier molecular flexibility index (Phi) is 4.05. The van der Waals surface area contributed by atoms with Crippen LogP contribution in [-0.4, -0.2) is 22.6 Å². The minimum atomic E-state index is -0.509. The van der Waals surface area contributed by atoms with Gasteiger partial charge in [0.1, 0.15) is 0 Å². The average Bonchev–Trinajstić information content (AvgIpc) is 2.96. The van der Waals surface area contributed by atoms with Crippen LogP contribution < -0.4 is 5.76 Å². The van der Waals surface area contributed by atoms with E-state index in [1.807, 2.05) is 30.3 Å². The van der Waals surface area contributed by atoms with Gasteiger partial charge in [-0.3, -0.25) is 9.55 Å². The van der Waals surface area contributed by atoms with Crippen LogP contribution in [0.25, 0.3) is 11.3 Å². The lowest BCUT2D eigenvalue weighted by molar-refractivity contribution is 0.0598. The molecule has 2 aromatic heterocycles. The molecule has 0 aliphatic carbocycles. The lowest BCUT2D eigenvalue weighted by atomic mass is 10.2. The monoisotopic (exact) mass is 310 g/mol. The van der Waals surface area contributed by atoms with Crippen molar-refractivity contribution < 1.29 is 13.9 Å². The van der Waals surface area contributed by atoms with Gasteiger partial charge in [0.05, 0.1) is 31.1 Å². The normalized spacial score (nSPS) is 10.5. The van der Waals surface area contributed by atoms with Gasteiger partial charge in [-0.05, 0) is 12.1 Å². The van der Waals surface area contributed by atoms with Crippen LogP contribution in [0.2, 0.25) is 0 Å². The van der Waals surface area contributed by atoms with Gasteiger partial charge in [-0.15, -0.1) is 0 Å². The Hall–Kier alpha value is -3.15. The number of rotatable bonds is 4. The van der Waals surface area contributed by atoms with Crippen LogP contribution in [0.5, 0.6) is 0 Å². The molecule has 116 valence electrons. The fourth-order valence-electron chi connectivity index (χ4n) is 2.24. The van der Waals surface area contributed by atoms with Crippen LogP contribution in [0.1, 0.15) is 16.1 Å². The fraction of sp³-hybridized carbons (Fsp3) is 0.118. The second-order valence-electron chi connectivity index (χ2n) is 4.84. The Morgan fingerprint density at radius 1 is 1.22 bits per heavy atom. The zero-order valence-electron chi connectivity index (χ0n) is 12.4. The fourth-order valence-corrected chi connectivity index (χ4v) is 2.24. The molecular formula is C17H14N2O4. The SMILES string of the molecule is COC(=O)c1cccnc1Cn1cc(-c2ccccc2)oc1=O. The molecule has 6 nitrogen and oxygen atoms in total. The van der Waals surface area contributed by atoms with Gasteiger partial charge in [0.25, 0.3) is 0 Å². The maximum Gasteiger partial charge on any atom is 0.419 e. The summed E-state index contributed by atoms with van der Waals surface area (Å²) in [4.78, 5) is 27.9. The second kappa shape index (κ2) is 6.31. The molecule has 0 saturated carbocycles. The Balaban J connectivity index is 1.95. The van der Waals surface area contributed by atoms with E-state index in [4.69, 9.17) is 9.15 Å². The molecule has 0 atom stereocenters. The van der Waals surface area contributed by atoms with Crippen molar-refractivity contribution >= 4 is 5.97 Å². The zero-order chi connectivity index (χ0) is 16.2. The number of aromatic nitrogens is 2. The number of carbonyl (C=O) groups is 1. The van der Waals surface area contributed by atoms with Crippen molar-refractivity contribution in [3.63, 3.8) is 0 Å². The largest absolute Gasteiger partial charge is 0.465 e. The van der Waals surface area contributed by atoms with E-state index >= 15 is 0 Å². The molecule has 3 rings (SSSR count). The van der Waals surface area contributed by atoms with Gasteiger partial charge in [0.15, 0.2) is 5.76 Å². The van der Waals surface area contributed by atoms with E-state index < -0.39 is 11.7 Å². The molecule has 0 spiro atoms. The number of carbonyl (C=O) groups excluding carboxylic acids is 1. The zero-order valence-corrected chi connectivity index (χ0v) is 12.4. The first-order valence-corrected chi connectivity index (χ1v) is 6.97. The van der Waals surface area contributed by atoms with Crippen molar-refractivity contribution in [1.29, 1.82) is 0 Å². The van der Waals surface area contributed by atoms with Gasteiger partial charge >= 0.3 is 11.7 Å². The average molecular weight is 310 g/mol. The lowest BCUT2D eigenvalue weighted by Gasteiger charge is -2.06. The van der Waals surface area contributed by atoms with Crippen molar-refractivity contribution in [2.45, 2.75) is 6.54 Å². The number of hydrogen-bond acceptors (Lipinski definition) is 5. The third-order valence-electron chi connectivity index (χ3n) is 3.38. The third kappa shape index (κ3) is 3.06. The Morgan fingerprint density at radius 2 is 2.00 bits per heavy atom. The summed E-state index contributed by atoms with van der Waals surface area (Å²) in [6.45, 7) is 0.125. The molecule has 6 heteroatoms. The molecule has 0 unspecified atom stereocenters. The number of oxazole rings is 1. The minimum Gasteiger partial charge on any atom is -0.465 e. The summed E-state index contributed by atoms with van der Waals surface area (Å²) in [6.07, 6.45) is 3.17. The van der Waals surface area contributed by atoms with Crippen LogP contribution in [0.15, 0.2) is 64.1 Å². The first-order valence-electron chi connectivity index (χ1n) is 6.97. The Morgan fingerprint density at radius 3 is 2.74 bits per heavy atom. The van der Waals surface area contributed by atoms with Crippen molar-refractivity contribution in [3.8, 4) is 11.3 Å². The number of pyridine rings is 1. The molecule has 0 radical (unpaired) electrons. The standard InChI is InChI=1S/C17H14N2O4/c1-22-16(20)13-8-5-9-18-14(13)10-19-11-15(23-17(19)21)12-6-3-2-4-7-12/h2-9,11H,10H2,1H3. The van der Waals surface area contributed by atoms with E-state index in [1.54, 1.807) is 24.5 Å². The predicted molar refractivity (Wildman–Crippen MR) is 83.1 cm³/mol. The number of esters is 1. The molecule has 0 saturated heterocycles. The molecule has 0 bridgehead atoms. The van der Waals surface area contributed by atoms with Gasteiger partial charge < -0.3 is 9.15 Å². The van der Waals surface area contributed by atoms with Gasteiger partial charge in [0.2, 0.25) is 0 Å². The molecule has 2 heterocycles. The highest BCUT2D eigenvalue weighted by molar-refractivity contribution is 5.90. The van der Waals surface area contributed by atoms with Crippen molar-refractivity contribution in [1.82, 2.24) is 9.55 Å². The topological polar surface area (TPSA) is 74.3 Å². The summed E-state index contributed by atoms with van der Waals surface area (Å²) in [5, 5.41) is 0. The van der Waals surface area contributed by atoms with Crippen molar-refractivity contribution in [2.24, 2.45) is 0 Å². The molecule has 23 heavy (non-hydrogen) atoms. The smallest absolute Gasteiger partial charge is 0.419 e. The first kappa shape index (κ1) is 14.8. The van der Waals surface area contributed by atoms with Crippen molar-refractivity contribution in [2.75, 3.05) is 7.11 Å². The molecule has 1 aromatic carbocycles. The van der Waals surface area contributed by atoms with Gasteiger partial charge in [-0.25, -0.2) is 9.59 Å². The van der Waals surface area contributed by atoms with Crippen LogP contribution in [-0.2, 0) is 11.3 Å². The number of nitrogens with zero attached hydrogens (tertiary/aromatic N) is 2. The summed E-state index contributed by atoms with van der Waals surface area (Å²) in [5.41, 5.74) is 1.57. The van der Waals surface area contributed by atoms with E-state index in [0.717, 1.165) is 5.56 Å². The predicted octanol–water partition coefficient (Wildman–Crippen LogP) is 2.34. The van der Waals surface area contributed by atoms with Gasteiger partial charge in [-0.1, -0.05) is 30.3 Å². The van der Waals surface area contributed by atoms with Crippen molar-refractivity contribution in [3.05, 3.63) is 76.7 Å².